The van der Waals surface area contributed by atoms with Gasteiger partial charge >= 0.3 is 0 Å². The number of pyridine rings is 1. The number of benzene rings is 1. The first-order valence-corrected chi connectivity index (χ1v) is 11.6. The molecule has 2 aliphatic heterocycles. The Morgan fingerprint density at radius 1 is 1.24 bits per heavy atom. The lowest BCUT2D eigenvalue weighted by atomic mass is 10.00. The van der Waals surface area contributed by atoms with Crippen molar-refractivity contribution < 1.29 is 23.5 Å². The van der Waals surface area contributed by atoms with Crippen LogP contribution in [-0.4, -0.2) is 49.9 Å². The third-order valence-corrected chi connectivity index (χ3v) is 7.02. The van der Waals surface area contributed by atoms with Crippen molar-refractivity contribution in [2.75, 3.05) is 6.54 Å². The highest BCUT2D eigenvalue weighted by molar-refractivity contribution is 6.00. The van der Waals surface area contributed by atoms with Gasteiger partial charge in [0.15, 0.2) is 17.2 Å². The van der Waals surface area contributed by atoms with Crippen LogP contribution in [0.4, 0.5) is 8.78 Å². The van der Waals surface area contributed by atoms with Gasteiger partial charge in [0.05, 0.1) is 18.3 Å². The van der Waals surface area contributed by atoms with Gasteiger partial charge < -0.3 is 19.5 Å². The van der Waals surface area contributed by atoms with Crippen molar-refractivity contribution in [3.63, 3.8) is 0 Å². The molecule has 2 atom stereocenters. The maximum Gasteiger partial charge on any atom is 0.275 e. The number of fused-ring (bicyclic) bond motifs is 2. The Bertz CT molecular complexity index is 1220. The maximum absolute atomic E-state index is 13.9. The summed E-state index contributed by atoms with van der Waals surface area (Å²) in [5.74, 6) is -2.62. The molecule has 9 heteroatoms. The number of aromatic hydroxyl groups is 1. The molecule has 1 aromatic heterocycles. The summed E-state index contributed by atoms with van der Waals surface area (Å²) in [5, 5.41) is 10.6. The van der Waals surface area contributed by atoms with Crippen LogP contribution in [0, 0.1) is 24.1 Å². The summed E-state index contributed by atoms with van der Waals surface area (Å²) >= 11 is 0. The van der Waals surface area contributed by atoms with E-state index in [-0.39, 0.29) is 41.9 Å². The van der Waals surface area contributed by atoms with Gasteiger partial charge in [-0.05, 0) is 50.3 Å². The molecule has 1 saturated heterocycles. The van der Waals surface area contributed by atoms with E-state index < -0.39 is 34.5 Å². The minimum absolute atomic E-state index is 0.0239. The Labute approximate surface area is 195 Å². The van der Waals surface area contributed by atoms with Crippen LogP contribution in [0.1, 0.15) is 59.0 Å². The van der Waals surface area contributed by atoms with Crippen LogP contribution in [0.5, 0.6) is 5.75 Å². The van der Waals surface area contributed by atoms with Crippen LogP contribution in [0.3, 0.4) is 0 Å². The molecule has 0 bridgehead atoms. The summed E-state index contributed by atoms with van der Waals surface area (Å²) in [6.45, 7) is 5.22. The number of rotatable bonds is 6. The molecule has 1 N–H and O–H groups in total. The van der Waals surface area contributed by atoms with E-state index >= 15 is 0 Å². The van der Waals surface area contributed by atoms with Crippen LogP contribution >= 0.6 is 0 Å². The van der Waals surface area contributed by atoms with Gasteiger partial charge in [0.2, 0.25) is 5.43 Å². The third kappa shape index (κ3) is 4.02. The standard InChI is InChI=1S/C25H26F2N3O4/c1-14-8-9-28(11-15-2-3-15)21-13-29-12-18(23(32)24(33)22(29)25(34)30(14)21)20(31)7-5-16-4-6-17(26)10-19(16)27/h4,6,9-10,12,14-15,21,33H,2-3,5,7-8,11,13H2,1H3/q-1/t14-,21-/m0/s1. The lowest BCUT2D eigenvalue weighted by Crippen LogP contribution is -2.62. The van der Waals surface area contributed by atoms with Gasteiger partial charge in [0, 0.05) is 24.7 Å². The average molecular weight is 470 g/mol. The van der Waals surface area contributed by atoms with Crippen LogP contribution in [-0.2, 0) is 13.0 Å². The zero-order valence-electron chi connectivity index (χ0n) is 18.8. The van der Waals surface area contributed by atoms with E-state index in [0.717, 1.165) is 31.5 Å². The molecule has 1 aromatic carbocycles. The van der Waals surface area contributed by atoms with Gasteiger partial charge in [-0.2, -0.15) is 0 Å². The fraction of sp³-hybridized carbons (Fsp3) is 0.440. The van der Waals surface area contributed by atoms with Gasteiger partial charge in [-0.1, -0.05) is 6.07 Å². The number of halogens is 2. The molecule has 180 valence electrons. The number of Topliss-reactive ketones (excluding diaryl/α,β-unsaturated/α-hetero) is 1. The molecule has 0 radical (unpaired) electrons. The quantitative estimate of drug-likeness (QED) is 0.518. The summed E-state index contributed by atoms with van der Waals surface area (Å²) < 4.78 is 28.6. The number of hydrogen-bond acceptors (Lipinski definition) is 5. The van der Waals surface area contributed by atoms with Crippen molar-refractivity contribution in [1.29, 1.82) is 0 Å². The Kier molecular flexibility index (Phi) is 5.75. The van der Waals surface area contributed by atoms with Gasteiger partial charge in [0.25, 0.3) is 5.91 Å². The first-order chi connectivity index (χ1) is 16.2. The van der Waals surface area contributed by atoms with Crippen molar-refractivity contribution in [3.8, 4) is 5.75 Å². The molecule has 3 aliphatic rings. The zero-order valence-corrected chi connectivity index (χ0v) is 18.8. The Morgan fingerprint density at radius 2 is 2.00 bits per heavy atom. The topological polar surface area (TPSA) is 82.9 Å². The average Bonchev–Trinajstić information content (AvgIpc) is 3.61. The Hall–Kier alpha value is -3.07. The van der Waals surface area contributed by atoms with E-state index in [9.17, 15) is 28.3 Å². The second kappa shape index (κ2) is 8.61. The molecular weight excluding hydrogens is 444 g/mol. The van der Waals surface area contributed by atoms with E-state index in [4.69, 9.17) is 0 Å². The number of amides is 1. The molecule has 3 heterocycles. The summed E-state index contributed by atoms with van der Waals surface area (Å²) in [6.07, 6.45) is 3.88. The molecule has 0 unspecified atom stereocenters. The minimum atomic E-state index is -0.909. The number of hydrogen-bond donors (Lipinski definition) is 1. The normalized spacial score (nSPS) is 22.4. The molecule has 1 aliphatic carbocycles. The molecule has 2 fully saturated rings. The molecule has 7 nitrogen and oxygen atoms in total. The number of ketones is 1. The van der Waals surface area contributed by atoms with Crippen molar-refractivity contribution in [3.05, 3.63) is 69.6 Å². The van der Waals surface area contributed by atoms with E-state index in [1.54, 1.807) is 4.90 Å². The van der Waals surface area contributed by atoms with Crippen LogP contribution < -0.4 is 5.43 Å². The largest absolute Gasteiger partial charge is 0.503 e. The molecule has 1 amide bonds. The van der Waals surface area contributed by atoms with Gasteiger partial charge in [-0.15, -0.1) is 6.42 Å². The highest BCUT2D eigenvalue weighted by Gasteiger charge is 2.41. The summed E-state index contributed by atoms with van der Waals surface area (Å²) in [4.78, 5) is 42.9. The van der Waals surface area contributed by atoms with Crippen molar-refractivity contribution in [1.82, 2.24) is 14.4 Å². The molecule has 2 aromatic rings. The van der Waals surface area contributed by atoms with Crippen molar-refractivity contribution in [2.24, 2.45) is 5.92 Å². The maximum atomic E-state index is 13.9. The number of aryl methyl sites for hydroxylation is 1. The summed E-state index contributed by atoms with van der Waals surface area (Å²) in [7, 11) is 0. The number of carbonyl (C=O) groups excluding carboxylic acids is 2. The highest BCUT2D eigenvalue weighted by Crippen LogP contribution is 2.36. The van der Waals surface area contributed by atoms with Crippen molar-refractivity contribution in [2.45, 2.75) is 57.8 Å². The highest BCUT2D eigenvalue weighted by atomic mass is 19.1. The van der Waals surface area contributed by atoms with Crippen LogP contribution in [0.25, 0.3) is 0 Å². The Morgan fingerprint density at radius 3 is 2.71 bits per heavy atom. The lowest BCUT2D eigenvalue weighted by Gasteiger charge is -2.56. The number of nitrogens with zero attached hydrogens (tertiary/aromatic N) is 3. The van der Waals surface area contributed by atoms with Gasteiger partial charge in [-0.3, -0.25) is 20.9 Å². The molecule has 1 saturated carbocycles. The summed E-state index contributed by atoms with van der Waals surface area (Å²) in [5.41, 5.74) is -1.10. The summed E-state index contributed by atoms with van der Waals surface area (Å²) in [6, 6.07) is 3.03. The molecule has 0 spiro atoms. The van der Waals surface area contributed by atoms with E-state index in [1.807, 2.05) is 6.92 Å². The second-order valence-corrected chi connectivity index (χ2v) is 9.48. The SMILES string of the molecule is C[C@H]1C[CH-]N(CC2CC2)[C@@H]2Cn3cc(C(=O)CCc4ccc(F)cc4F)c(=O)c(O)c3C(=O)N12. The van der Waals surface area contributed by atoms with Gasteiger partial charge in [0.1, 0.15) is 11.6 Å². The number of carbonyl (C=O) groups is 2. The first kappa shape index (κ1) is 22.7. The lowest BCUT2D eigenvalue weighted by molar-refractivity contribution is -0.0165. The predicted octanol–water partition coefficient (Wildman–Crippen LogP) is 3.10. The number of aromatic nitrogens is 1. The monoisotopic (exact) mass is 470 g/mol. The smallest absolute Gasteiger partial charge is 0.275 e. The molecular formula is C25H26F2N3O4-. The van der Waals surface area contributed by atoms with E-state index in [0.29, 0.717) is 18.9 Å². The Balaban J connectivity index is 1.43. The molecule has 5 rings (SSSR count). The zero-order chi connectivity index (χ0) is 24.1. The fourth-order valence-corrected chi connectivity index (χ4v) is 4.92. The van der Waals surface area contributed by atoms with E-state index in [2.05, 4.69) is 11.4 Å². The van der Waals surface area contributed by atoms with Crippen LogP contribution in [0.2, 0.25) is 0 Å². The third-order valence-electron chi connectivity index (χ3n) is 7.02. The second-order valence-electron chi connectivity index (χ2n) is 9.48. The van der Waals surface area contributed by atoms with Crippen LogP contribution in [0.15, 0.2) is 29.2 Å². The van der Waals surface area contributed by atoms with Gasteiger partial charge in [-0.25, -0.2) is 8.78 Å². The van der Waals surface area contributed by atoms with E-state index in [1.165, 1.54) is 16.8 Å². The van der Waals surface area contributed by atoms with Crippen molar-refractivity contribution >= 4 is 11.7 Å². The predicted molar refractivity (Wildman–Crippen MR) is 119 cm³/mol. The molecule has 34 heavy (non-hydrogen) atoms. The fourth-order valence-electron chi connectivity index (χ4n) is 4.92. The minimum Gasteiger partial charge on any atom is -0.503 e. The first-order valence-electron chi connectivity index (χ1n) is 11.6.